The van der Waals surface area contributed by atoms with E-state index in [1.54, 1.807) is 11.3 Å². The van der Waals surface area contributed by atoms with Crippen LogP contribution in [0.1, 0.15) is 23.5 Å². The van der Waals surface area contributed by atoms with Gasteiger partial charge in [-0.2, -0.15) is 0 Å². The van der Waals surface area contributed by atoms with E-state index in [0.717, 1.165) is 17.3 Å². The molecule has 0 saturated carbocycles. The number of pyridine rings is 1. The first-order valence-corrected chi connectivity index (χ1v) is 6.38. The van der Waals surface area contributed by atoms with E-state index in [1.807, 2.05) is 35.8 Å². The lowest BCUT2D eigenvalue weighted by Gasteiger charge is -2.11. The summed E-state index contributed by atoms with van der Waals surface area (Å²) in [4.78, 5) is 5.55. The Morgan fingerprint density at radius 2 is 2.38 bits per heavy atom. The van der Waals surface area contributed by atoms with Gasteiger partial charge in [-0.3, -0.25) is 4.98 Å². The molecular weight excluding hydrogens is 240 g/mol. The summed E-state index contributed by atoms with van der Waals surface area (Å²) < 4.78 is 0. The normalized spacial score (nSPS) is 12.6. The van der Waals surface area contributed by atoms with E-state index >= 15 is 0 Å². The van der Waals surface area contributed by atoms with Gasteiger partial charge in [0.15, 0.2) is 0 Å². The van der Waals surface area contributed by atoms with Gasteiger partial charge in [-0.1, -0.05) is 17.7 Å². The molecule has 84 valence electrons. The van der Waals surface area contributed by atoms with Crippen LogP contribution in [0.15, 0.2) is 35.8 Å². The van der Waals surface area contributed by atoms with Crippen LogP contribution in [0.2, 0.25) is 5.02 Å². The Balaban J connectivity index is 1.91. The minimum Gasteiger partial charge on any atom is -0.304 e. The molecule has 0 fully saturated rings. The number of rotatable bonds is 4. The molecule has 0 aliphatic heterocycles. The fraction of sp³-hybridized carbons (Fsp3) is 0.250. The molecule has 0 bridgehead atoms. The quantitative estimate of drug-likeness (QED) is 0.899. The second kappa shape index (κ2) is 5.43. The fourth-order valence-corrected chi connectivity index (χ4v) is 2.46. The minimum atomic E-state index is 0.252. The van der Waals surface area contributed by atoms with E-state index < -0.39 is 0 Å². The first-order chi connectivity index (χ1) is 7.75. The van der Waals surface area contributed by atoms with E-state index in [0.29, 0.717) is 0 Å². The number of nitrogens with one attached hydrogen (secondary N) is 1. The Kier molecular flexibility index (Phi) is 3.93. The molecule has 0 unspecified atom stereocenters. The van der Waals surface area contributed by atoms with Crippen molar-refractivity contribution in [1.82, 2.24) is 10.3 Å². The summed E-state index contributed by atoms with van der Waals surface area (Å²) in [5, 5.41) is 6.18. The molecule has 0 spiro atoms. The van der Waals surface area contributed by atoms with Gasteiger partial charge >= 0.3 is 0 Å². The Morgan fingerprint density at radius 3 is 3.00 bits per heavy atom. The molecule has 0 aromatic carbocycles. The van der Waals surface area contributed by atoms with Gasteiger partial charge in [0.2, 0.25) is 0 Å². The predicted octanol–water partition coefficient (Wildman–Crippen LogP) is 3.65. The van der Waals surface area contributed by atoms with Gasteiger partial charge in [-0.15, -0.1) is 11.3 Å². The van der Waals surface area contributed by atoms with Crippen LogP contribution in [0.3, 0.4) is 0 Å². The molecule has 0 amide bonds. The van der Waals surface area contributed by atoms with Crippen molar-refractivity contribution >= 4 is 22.9 Å². The van der Waals surface area contributed by atoms with Crippen LogP contribution in [0.4, 0.5) is 0 Å². The molecule has 0 radical (unpaired) electrons. The zero-order valence-electron chi connectivity index (χ0n) is 8.98. The zero-order valence-corrected chi connectivity index (χ0v) is 10.6. The third kappa shape index (κ3) is 3.04. The number of hydrogen-bond donors (Lipinski definition) is 1. The van der Waals surface area contributed by atoms with E-state index in [1.165, 1.54) is 4.88 Å². The molecule has 2 aromatic heterocycles. The molecular formula is C12H13ClN2S. The van der Waals surface area contributed by atoms with Crippen LogP contribution in [0.25, 0.3) is 0 Å². The zero-order chi connectivity index (χ0) is 11.4. The van der Waals surface area contributed by atoms with Gasteiger partial charge < -0.3 is 5.32 Å². The fourth-order valence-electron chi connectivity index (χ4n) is 1.44. The van der Waals surface area contributed by atoms with Crippen molar-refractivity contribution in [3.63, 3.8) is 0 Å². The molecule has 2 heterocycles. The van der Waals surface area contributed by atoms with E-state index in [9.17, 15) is 0 Å². The second-order valence-electron chi connectivity index (χ2n) is 3.59. The summed E-state index contributed by atoms with van der Waals surface area (Å²) in [7, 11) is 0. The largest absolute Gasteiger partial charge is 0.304 e. The predicted molar refractivity (Wildman–Crippen MR) is 68.8 cm³/mol. The van der Waals surface area contributed by atoms with E-state index in [2.05, 4.69) is 17.2 Å². The lowest BCUT2D eigenvalue weighted by atomic mass is 10.2. The highest BCUT2D eigenvalue weighted by molar-refractivity contribution is 7.10. The van der Waals surface area contributed by atoms with Crippen molar-refractivity contribution in [2.45, 2.75) is 19.5 Å². The molecule has 0 saturated heterocycles. The second-order valence-corrected chi connectivity index (χ2v) is 5.02. The smallest absolute Gasteiger partial charge is 0.0570 e. The molecule has 0 aliphatic carbocycles. The first kappa shape index (κ1) is 11.6. The Bertz CT molecular complexity index is 441. The molecule has 0 aliphatic rings. The molecule has 4 heteroatoms. The van der Waals surface area contributed by atoms with Gasteiger partial charge in [-0.25, -0.2) is 0 Å². The van der Waals surface area contributed by atoms with Gasteiger partial charge in [0.05, 0.1) is 10.7 Å². The summed E-state index contributed by atoms with van der Waals surface area (Å²) in [5.74, 6) is 0. The SMILES string of the molecule is C[C@H](NCc1cc(Cl)cs1)c1ccccn1. The van der Waals surface area contributed by atoms with Crippen LogP contribution >= 0.6 is 22.9 Å². The Hall–Kier alpha value is -0.900. The van der Waals surface area contributed by atoms with Crippen LogP contribution in [0.5, 0.6) is 0 Å². The third-order valence-corrected chi connectivity index (χ3v) is 3.62. The maximum absolute atomic E-state index is 5.86. The maximum atomic E-state index is 5.86. The summed E-state index contributed by atoms with van der Waals surface area (Å²) in [5.41, 5.74) is 1.06. The summed E-state index contributed by atoms with van der Waals surface area (Å²) >= 11 is 7.53. The number of halogens is 1. The highest BCUT2D eigenvalue weighted by Gasteiger charge is 2.06. The van der Waals surface area contributed by atoms with Crippen LogP contribution in [-0.2, 0) is 6.54 Å². The maximum Gasteiger partial charge on any atom is 0.0570 e. The van der Waals surface area contributed by atoms with Crippen LogP contribution in [0, 0.1) is 0 Å². The van der Waals surface area contributed by atoms with Crippen LogP contribution < -0.4 is 5.32 Å². The van der Waals surface area contributed by atoms with Crippen molar-refractivity contribution in [3.8, 4) is 0 Å². The van der Waals surface area contributed by atoms with Crippen molar-refractivity contribution in [2.75, 3.05) is 0 Å². The average molecular weight is 253 g/mol. The van der Waals surface area contributed by atoms with Crippen molar-refractivity contribution in [3.05, 3.63) is 51.4 Å². The Morgan fingerprint density at radius 1 is 1.50 bits per heavy atom. The lowest BCUT2D eigenvalue weighted by molar-refractivity contribution is 0.565. The number of thiophene rings is 1. The van der Waals surface area contributed by atoms with Gasteiger partial charge in [0, 0.05) is 29.0 Å². The monoisotopic (exact) mass is 252 g/mol. The van der Waals surface area contributed by atoms with Crippen molar-refractivity contribution < 1.29 is 0 Å². The number of nitrogens with zero attached hydrogens (tertiary/aromatic N) is 1. The number of hydrogen-bond acceptors (Lipinski definition) is 3. The third-order valence-electron chi connectivity index (χ3n) is 2.34. The topological polar surface area (TPSA) is 24.9 Å². The molecule has 1 atom stereocenters. The van der Waals surface area contributed by atoms with Gasteiger partial charge in [0.1, 0.15) is 0 Å². The first-order valence-electron chi connectivity index (χ1n) is 5.13. The highest BCUT2D eigenvalue weighted by Crippen LogP contribution is 2.19. The van der Waals surface area contributed by atoms with Crippen molar-refractivity contribution in [2.24, 2.45) is 0 Å². The molecule has 16 heavy (non-hydrogen) atoms. The standard InChI is InChI=1S/C12H13ClN2S/c1-9(12-4-2-3-5-14-12)15-7-11-6-10(13)8-16-11/h2-6,8-9,15H,7H2,1H3/t9-/m0/s1. The summed E-state index contributed by atoms with van der Waals surface area (Å²) in [6.07, 6.45) is 1.82. The molecule has 2 nitrogen and oxygen atoms in total. The summed E-state index contributed by atoms with van der Waals surface area (Å²) in [6.45, 7) is 2.94. The Labute approximate surface area is 104 Å². The lowest BCUT2D eigenvalue weighted by Crippen LogP contribution is -2.18. The molecule has 2 aromatic rings. The highest BCUT2D eigenvalue weighted by atomic mass is 35.5. The summed E-state index contributed by atoms with van der Waals surface area (Å²) in [6, 6.07) is 8.20. The molecule has 1 N–H and O–H groups in total. The van der Waals surface area contributed by atoms with Gasteiger partial charge in [-0.05, 0) is 25.1 Å². The van der Waals surface area contributed by atoms with Crippen LogP contribution in [-0.4, -0.2) is 4.98 Å². The molecule has 2 rings (SSSR count). The van der Waals surface area contributed by atoms with E-state index in [-0.39, 0.29) is 6.04 Å². The van der Waals surface area contributed by atoms with E-state index in [4.69, 9.17) is 11.6 Å². The minimum absolute atomic E-state index is 0.252. The number of aromatic nitrogens is 1. The average Bonchev–Trinajstić information content (AvgIpc) is 2.73. The van der Waals surface area contributed by atoms with Gasteiger partial charge in [0.25, 0.3) is 0 Å². The van der Waals surface area contributed by atoms with Crippen molar-refractivity contribution in [1.29, 1.82) is 0 Å².